The molecule has 0 atom stereocenters. The fourth-order valence-corrected chi connectivity index (χ4v) is 3.17. The molecule has 0 aliphatic heterocycles. The molecule has 132 valence electrons. The van der Waals surface area contributed by atoms with Crippen LogP contribution in [-0.4, -0.2) is 30.3 Å². The molecule has 0 unspecified atom stereocenters. The molecule has 3 aromatic rings. The number of hydrogen-bond donors (Lipinski definition) is 1. The van der Waals surface area contributed by atoms with Crippen LogP contribution in [0.3, 0.4) is 0 Å². The van der Waals surface area contributed by atoms with E-state index in [9.17, 15) is 0 Å². The van der Waals surface area contributed by atoms with Crippen molar-refractivity contribution in [3.63, 3.8) is 0 Å². The molecular weight excluding hydrogens is 338 g/mol. The maximum Gasteiger partial charge on any atom is 0.160 e. The van der Waals surface area contributed by atoms with Gasteiger partial charge in [-0.15, -0.1) is 0 Å². The van der Waals surface area contributed by atoms with Gasteiger partial charge in [-0.2, -0.15) is 0 Å². The van der Waals surface area contributed by atoms with Gasteiger partial charge in [-0.3, -0.25) is 0 Å². The maximum absolute atomic E-state index is 6.09. The van der Waals surface area contributed by atoms with Crippen LogP contribution in [-0.2, 0) is 19.4 Å². The lowest BCUT2D eigenvalue weighted by molar-refractivity contribution is 0.354. The third kappa shape index (κ3) is 3.72. The maximum atomic E-state index is 6.09. The molecular formula is C19H22ClN3O2. The normalized spacial score (nSPS) is 11.0. The van der Waals surface area contributed by atoms with E-state index in [2.05, 4.69) is 10.6 Å². The number of rotatable bonds is 7. The van der Waals surface area contributed by atoms with E-state index in [1.807, 2.05) is 30.3 Å². The Morgan fingerprint density at radius 3 is 2.56 bits per heavy atom. The number of aryl methyl sites for hydroxylation is 2. The summed E-state index contributed by atoms with van der Waals surface area (Å²) in [4.78, 5) is 4.69. The topological polar surface area (TPSA) is 62.3 Å². The molecule has 2 N–H and O–H groups in total. The standard InChI is InChI=1S/C19H22ClN3O2/c1-24-17-6-3-13(11-18(17)25-2)8-10-23-16-5-4-14(20)12-15(16)22-19(23)7-9-21/h3-6,11-12H,7-10,21H2,1-2H3. The summed E-state index contributed by atoms with van der Waals surface area (Å²) in [6, 6.07) is 11.8. The quantitative estimate of drug-likeness (QED) is 0.701. The van der Waals surface area contributed by atoms with Gasteiger partial charge >= 0.3 is 0 Å². The molecule has 0 radical (unpaired) electrons. The molecule has 1 heterocycles. The highest BCUT2D eigenvalue weighted by Crippen LogP contribution is 2.28. The Morgan fingerprint density at radius 2 is 1.84 bits per heavy atom. The van der Waals surface area contributed by atoms with Crippen molar-refractivity contribution in [3.8, 4) is 11.5 Å². The van der Waals surface area contributed by atoms with Crippen LogP contribution in [0.1, 0.15) is 11.4 Å². The van der Waals surface area contributed by atoms with Gasteiger partial charge < -0.3 is 19.8 Å². The largest absolute Gasteiger partial charge is 0.493 e. The Balaban J connectivity index is 1.88. The molecule has 25 heavy (non-hydrogen) atoms. The second-order valence-electron chi connectivity index (χ2n) is 5.79. The zero-order chi connectivity index (χ0) is 17.8. The van der Waals surface area contributed by atoms with Crippen molar-refractivity contribution >= 4 is 22.6 Å². The van der Waals surface area contributed by atoms with Crippen molar-refractivity contribution in [1.82, 2.24) is 9.55 Å². The summed E-state index contributed by atoms with van der Waals surface area (Å²) >= 11 is 6.09. The molecule has 0 aliphatic carbocycles. The zero-order valence-electron chi connectivity index (χ0n) is 14.5. The molecule has 0 bridgehead atoms. The second kappa shape index (κ2) is 7.76. The zero-order valence-corrected chi connectivity index (χ0v) is 15.2. The van der Waals surface area contributed by atoms with Gasteiger partial charge in [0.2, 0.25) is 0 Å². The van der Waals surface area contributed by atoms with Gasteiger partial charge in [0.15, 0.2) is 11.5 Å². The van der Waals surface area contributed by atoms with E-state index in [4.69, 9.17) is 31.8 Å². The van der Waals surface area contributed by atoms with Crippen molar-refractivity contribution in [3.05, 3.63) is 52.8 Å². The van der Waals surface area contributed by atoms with E-state index < -0.39 is 0 Å². The number of methoxy groups -OCH3 is 2. The molecule has 0 saturated carbocycles. The lowest BCUT2D eigenvalue weighted by Gasteiger charge is -2.12. The fraction of sp³-hybridized carbons (Fsp3) is 0.316. The Kier molecular flexibility index (Phi) is 5.46. The van der Waals surface area contributed by atoms with Gasteiger partial charge in [0.25, 0.3) is 0 Å². The first kappa shape index (κ1) is 17.6. The van der Waals surface area contributed by atoms with Crippen LogP contribution in [0.15, 0.2) is 36.4 Å². The highest BCUT2D eigenvalue weighted by molar-refractivity contribution is 6.31. The van der Waals surface area contributed by atoms with Crippen molar-refractivity contribution in [1.29, 1.82) is 0 Å². The van der Waals surface area contributed by atoms with Crippen LogP contribution in [0, 0.1) is 0 Å². The van der Waals surface area contributed by atoms with Gasteiger partial charge in [-0.1, -0.05) is 17.7 Å². The van der Waals surface area contributed by atoms with E-state index in [-0.39, 0.29) is 0 Å². The first-order valence-corrected chi connectivity index (χ1v) is 8.59. The van der Waals surface area contributed by atoms with Crippen molar-refractivity contribution in [2.75, 3.05) is 20.8 Å². The van der Waals surface area contributed by atoms with E-state index in [0.717, 1.165) is 47.7 Å². The number of ether oxygens (including phenoxy) is 2. The monoisotopic (exact) mass is 359 g/mol. The average molecular weight is 360 g/mol. The molecule has 0 amide bonds. The predicted octanol–water partition coefficient (Wildman–Crippen LogP) is 3.45. The summed E-state index contributed by atoms with van der Waals surface area (Å²) in [7, 11) is 3.29. The molecule has 0 aliphatic rings. The van der Waals surface area contributed by atoms with Gasteiger partial charge in [0.1, 0.15) is 5.82 Å². The Morgan fingerprint density at radius 1 is 1.04 bits per heavy atom. The minimum Gasteiger partial charge on any atom is -0.493 e. The number of fused-ring (bicyclic) bond motifs is 1. The highest BCUT2D eigenvalue weighted by Gasteiger charge is 2.11. The van der Waals surface area contributed by atoms with Crippen LogP contribution >= 0.6 is 11.6 Å². The molecule has 5 nitrogen and oxygen atoms in total. The molecule has 0 saturated heterocycles. The summed E-state index contributed by atoms with van der Waals surface area (Å²) in [6.07, 6.45) is 1.59. The van der Waals surface area contributed by atoms with Crippen LogP contribution < -0.4 is 15.2 Å². The number of halogens is 1. The predicted molar refractivity (Wildman–Crippen MR) is 101 cm³/mol. The molecule has 1 aromatic heterocycles. The Hall–Kier alpha value is -2.24. The lowest BCUT2D eigenvalue weighted by atomic mass is 10.1. The SMILES string of the molecule is COc1ccc(CCn2c(CCN)nc3cc(Cl)ccc32)cc1OC. The second-order valence-corrected chi connectivity index (χ2v) is 6.23. The first-order valence-electron chi connectivity index (χ1n) is 8.22. The minimum atomic E-state index is 0.563. The summed E-state index contributed by atoms with van der Waals surface area (Å²) in [5, 5.41) is 0.691. The third-order valence-electron chi connectivity index (χ3n) is 4.23. The fourth-order valence-electron chi connectivity index (χ4n) is 3.00. The van der Waals surface area contributed by atoms with Gasteiger partial charge in [-0.05, 0) is 48.9 Å². The number of nitrogens with two attached hydrogens (primary N) is 1. The average Bonchev–Trinajstić information content (AvgIpc) is 2.96. The number of benzene rings is 2. The van der Waals surface area contributed by atoms with Gasteiger partial charge in [0, 0.05) is 18.0 Å². The molecule has 0 spiro atoms. The third-order valence-corrected chi connectivity index (χ3v) is 4.46. The first-order chi connectivity index (χ1) is 12.2. The molecule has 0 fully saturated rings. The minimum absolute atomic E-state index is 0.563. The van der Waals surface area contributed by atoms with Crippen LogP contribution in [0.4, 0.5) is 0 Å². The number of nitrogens with zero attached hydrogens (tertiary/aromatic N) is 2. The van der Waals surface area contributed by atoms with Gasteiger partial charge in [0.05, 0.1) is 25.3 Å². The summed E-state index contributed by atoms with van der Waals surface area (Å²) in [5.41, 5.74) is 8.90. The van der Waals surface area contributed by atoms with Crippen LogP contribution in [0.25, 0.3) is 11.0 Å². The smallest absolute Gasteiger partial charge is 0.160 e. The van der Waals surface area contributed by atoms with E-state index in [1.54, 1.807) is 14.2 Å². The Bertz CT molecular complexity index is 876. The van der Waals surface area contributed by atoms with E-state index in [1.165, 1.54) is 5.56 Å². The highest BCUT2D eigenvalue weighted by atomic mass is 35.5. The molecule has 2 aromatic carbocycles. The molecule has 3 rings (SSSR count). The summed E-state index contributed by atoms with van der Waals surface area (Å²) in [6.45, 7) is 1.37. The number of hydrogen-bond acceptors (Lipinski definition) is 4. The van der Waals surface area contributed by atoms with Crippen LogP contribution in [0.5, 0.6) is 11.5 Å². The lowest BCUT2D eigenvalue weighted by Crippen LogP contribution is -2.11. The summed E-state index contributed by atoms with van der Waals surface area (Å²) < 4.78 is 12.9. The Labute approximate surface area is 152 Å². The number of aromatic nitrogens is 2. The summed E-state index contributed by atoms with van der Waals surface area (Å²) in [5.74, 6) is 2.46. The van der Waals surface area contributed by atoms with Crippen molar-refractivity contribution in [2.24, 2.45) is 5.73 Å². The van der Waals surface area contributed by atoms with Crippen LogP contribution in [0.2, 0.25) is 5.02 Å². The molecule has 6 heteroatoms. The van der Waals surface area contributed by atoms with Gasteiger partial charge in [-0.25, -0.2) is 4.98 Å². The van der Waals surface area contributed by atoms with E-state index in [0.29, 0.717) is 11.6 Å². The number of imidazole rings is 1. The van der Waals surface area contributed by atoms with E-state index >= 15 is 0 Å². The van der Waals surface area contributed by atoms with Crippen molar-refractivity contribution < 1.29 is 9.47 Å². The van der Waals surface area contributed by atoms with Crippen molar-refractivity contribution in [2.45, 2.75) is 19.4 Å².